The lowest BCUT2D eigenvalue weighted by molar-refractivity contribution is -0.123. The standard InChI is InChI=1S/C28H36F2N4O3/c1-28(2,30)18-33-13-10-19(11-14-33)17-37-25-9-7-21(16-32-25)20-6-8-22(23(29)15-20)27(36)34-12-4-3-5-24(34)26(31)35/h6-9,15-16,19,24H,3-5,10-14,17-18H2,1-2H3,(H2,31,35). The second kappa shape index (κ2) is 11.5. The third-order valence-corrected chi connectivity index (χ3v) is 7.13. The minimum atomic E-state index is -1.19. The summed E-state index contributed by atoms with van der Waals surface area (Å²) >= 11 is 0. The second-order valence-corrected chi connectivity index (χ2v) is 10.7. The molecule has 2 aliphatic heterocycles. The van der Waals surface area contributed by atoms with E-state index in [1.165, 1.54) is 17.0 Å². The lowest BCUT2D eigenvalue weighted by atomic mass is 9.97. The van der Waals surface area contributed by atoms with Crippen molar-refractivity contribution in [2.24, 2.45) is 11.7 Å². The first-order valence-electron chi connectivity index (χ1n) is 13.0. The Balaban J connectivity index is 1.33. The molecule has 0 spiro atoms. The Bertz CT molecular complexity index is 1100. The molecule has 2 amide bonds. The van der Waals surface area contributed by atoms with Gasteiger partial charge in [-0.2, -0.15) is 0 Å². The Morgan fingerprint density at radius 2 is 1.81 bits per heavy atom. The Kier molecular flexibility index (Phi) is 8.42. The molecule has 2 aliphatic rings. The lowest BCUT2D eigenvalue weighted by Crippen LogP contribution is -2.50. The summed E-state index contributed by atoms with van der Waals surface area (Å²) < 4.78 is 34.7. The third-order valence-electron chi connectivity index (χ3n) is 7.13. The Morgan fingerprint density at radius 3 is 2.43 bits per heavy atom. The predicted octanol–water partition coefficient (Wildman–Crippen LogP) is 4.21. The summed E-state index contributed by atoms with van der Waals surface area (Å²) in [5, 5.41) is 0. The van der Waals surface area contributed by atoms with Gasteiger partial charge in [-0.05, 0) is 88.7 Å². The molecule has 200 valence electrons. The molecule has 2 saturated heterocycles. The summed E-state index contributed by atoms with van der Waals surface area (Å²) in [6.07, 6.45) is 5.59. The van der Waals surface area contributed by atoms with E-state index in [9.17, 15) is 18.4 Å². The Morgan fingerprint density at radius 1 is 1.08 bits per heavy atom. The van der Waals surface area contributed by atoms with E-state index >= 15 is 0 Å². The van der Waals surface area contributed by atoms with Crippen LogP contribution in [0.5, 0.6) is 5.88 Å². The molecular formula is C28H36F2N4O3. The molecule has 3 heterocycles. The maximum Gasteiger partial charge on any atom is 0.257 e. The number of rotatable bonds is 8. The van der Waals surface area contributed by atoms with Crippen molar-refractivity contribution in [2.45, 2.75) is 57.7 Å². The van der Waals surface area contributed by atoms with Crippen LogP contribution in [-0.4, -0.2) is 71.1 Å². The largest absolute Gasteiger partial charge is 0.477 e. The van der Waals surface area contributed by atoms with Gasteiger partial charge in [0.05, 0.1) is 12.2 Å². The minimum Gasteiger partial charge on any atom is -0.477 e. The molecule has 0 radical (unpaired) electrons. The van der Waals surface area contributed by atoms with Crippen molar-refractivity contribution in [1.29, 1.82) is 0 Å². The fourth-order valence-corrected chi connectivity index (χ4v) is 5.18. The molecule has 1 unspecified atom stereocenters. The van der Waals surface area contributed by atoms with Gasteiger partial charge in [0.1, 0.15) is 17.5 Å². The number of hydrogen-bond acceptors (Lipinski definition) is 5. The van der Waals surface area contributed by atoms with E-state index in [0.29, 0.717) is 49.0 Å². The molecule has 1 aromatic carbocycles. The number of ether oxygens (including phenoxy) is 1. The number of halogens is 2. The average Bonchev–Trinajstić information content (AvgIpc) is 2.87. The molecule has 7 nitrogen and oxygen atoms in total. The molecule has 9 heteroatoms. The number of likely N-dealkylation sites (tertiary alicyclic amines) is 2. The normalized spacial score (nSPS) is 19.6. The van der Waals surface area contributed by atoms with E-state index in [0.717, 1.165) is 38.8 Å². The van der Waals surface area contributed by atoms with E-state index in [1.807, 2.05) is 0 Å². The highest BCUT2D eigenvalue weighted by atomic mass is 19.1. The van der Waals surface area contributed by atoms with Crippen molar-refractivity contribution in [3.63, 3.8) is 0 Å². The van der Waals surface area contributed by atoms with Gasteiger partial charge in [-0.3, -0.25) is 9.59 Å². The fourth-order valence-electron chi connectivity index (χ4n) is 5.18. The van der Waals surface area contributed by atoms with Crippen molar-refractivity contribution < 1.29 is 23.1 Å². The van der Waals surface area contributed by atoms with E-state index in [4.69, 9.17) is 10.5 Å². The zero-order valence-electron chi connectivity index (χ0n) is 21.6. The van der Waals surface area contributed by atoms with Crippen LogP contribution in [0.2, 0.25) is 0 Å². The lowest BCUT2D eigenvalue weighted by Gasteiger charge is -2.34. The van der Waals surface area contributed by atoms with Crippen molar-refractivity contribution in [3.05, 3.63) is 47.9 Å². The fraction of sp³-hybridized carbons (Fsp3) is 0.536. The predicted molar refractivity (Wildman–Crippen MR) is 137 cm³/mol. The van der Waals surface area contributed by atoms with Crippen LogP contribution >= 0.6 is 0 Å². The van der Waals surface area contributed by atoms with Crippen LogP contribution in [0.1, 0.15) is 56.3 Å². The molecule has 1 aromatic heterocycles. The zero-order chi connectivity index (χ0) is 26.6. The number of benzene rings is 1. The number of carbonyl (C=O) groups is 2. The number of primary amides is 1. The number of pyridine rings is 1. The number of piperidine rings is 2. The molecule has 2 fully saturated rings. The maximum atomic E-state index is 15.0. The van der Waals surface area contributed by atoms with Crippen LogP contribution in [-0.2, 0) is 4.79 Å². The number of nitrogens with two attached hydrogens (primary N) is 1. The van der Waals surface area contributed by atoms with Gasteiger partial charge < -0.3 is 20.3 Å². The first-order chi connectivity index (χ1) is 17.6. The number of nitrogens with zero attached hydrogens (tertiary/aromatic N) is 3. The first-order valence-corrected chi connectivity index (χ1v) is 13.0. The van der Waals surface area contributed by atoms with Gasteiger partial charge in [0.25, 0.3) is 5.91 Å². The van der Waals surface area contributed by atoms with Gasteiger partial charge in [0, 0.05) is 30.9 Å². The van der Waals surface area contributed by atoms with Crippen molar-refractivity contribution in [1.82, 2.24) is 14.8 Å². The van der Waals surface area contributed by atoms with Crippen LogP contribution in [0.15, 0.2) is 36.5 Å². The van der Waals surface area contributed by atoms with Crippen LogP contribution < -0.4 is 10.5 Å². The molecule has 0 bridgehead atoms. The van der Waals surface area contributed by atoms with Crippen LogP contribution in [0.4, 0.5) is 8.78 Å². The third kappa shape index (κ3) is 7.03. The van der Waals surface area contributed by atoms with Gasteiger partial charge in [0.15, 0.2) is 0 Å². The van der Waals surface area contributed by atoms with Gasteiger partial charge in [-0.15, -0.1) is 0 Å². The molecule has 2 aromatic rings. The van der Waals surface area contributed by atoms with Crippen molar-refractivity contribution in [2.75, 3.05) is 32.8 Å². The van der Waals surface area contributed by atoms with Gasteiger partial charge in [-0.1, -0.05) is 6.07 Å². The smallest absolute Gasteiger partial charge is 0.257 e. The Labute approximate surface area is 217 Å². The minimum absolute atomic E-state index is 0.0778. The van der Waals surface area contributed by atoms with E-state index in [1.54, 1.807) is 38.2 Å². The molecule has 2 N–H and O–H groups in total. The topological polar surface area (TPSA) is 88.8 Å². The number of carbonyl (C=O) groups excluding carboxylic acids is 2. The summed E-state index contributed by atoms with van der Waals surface area (Å²) in [5.41, 5.74) is 5.47. The van der Waals surface area contributed by atoms with Crippen LogP contribution in [0.25, 0.3) is 11.1 Å². The van der Waals surface area contributed by atoms with Gasteiger partial charge >= 0.3 is 0 Å². The number of hydrogen-bond donors (Lipinski definition) is 1. The monoisotopic (exact) mass is 514 g/mol. The zero-order valence-corrected chi connectivity index (χ0v) is 21.6. The highest BCUT2D eigenvalue weighted by Crippen LogP contribution is 2.26. The van der Waals surface area contributed by atoms with Gasteiger partial charge in [-0.25, -0.2) is 13.8 Å². The number of amides is 2. The van der Waals surface area contributed by atoms with E-state index in [2.05, 4.69) is 9.88 Å². The molecule has 1 atom stereocenters. The summed E-state index contributed by atoms with van der Waals surface area (Å²) in [5.74, 6) is -0.850. The molecule has 0 aliphatic carbocycles. The van der Waals surface area contributed by atoms with E-state index < -0.39 is 29.3 Å². The molecule has 0 saturated carbocycles. The van der Waals surface area contributed by atoms with Crippen molar-refractivity contribution >= 4 is 11.8 Å². The number of alkyl halides is 1. The maximum absolute atomic E-state index is 15.0. The summed E-state index contributed by atoms with van der Waals surface area (Å²) in [7, 11) is 0. The molecule has 37 heavy (non-hydrogen) atoms. The first kappa shape index (κ1) is 27.0. The van der Waals surface area contributed by atoms with Crippen LogP contribution in [0, 0.1) is 11.7 Å². The highest BCUT2D eigenvalue weighted by molar-refractivity contribution is 5.98. The highest BCUT2D eigenvalue weighted by Gasteiger charge is 2.32. The summed E-state index contributed by atoms with van der Waals surface area (Å²) in [4.78, 5) is 32.6. The quantitative estimate of drug-likeness (QED) is 0.570. The Hall–Kier alpha value is -3.07. The molecule has 4 rings (SSSR count). The van der Waals surface area contributed by atoms with Crippen molar-refractivity contribution in [3.8, 4) is 17.0 Å². The SMILES string of the molecule is CC(C)(F)CN1CCC(COc2ccc(-c3ccc(C(=O)N4CCCCC4C(N)=O)c(F)c3)cn2)CC1. The summed E-state index contributed by atoms with van der Waals surface area (Å²) in [6, 6.07) is 7.27. The molecular weight excluding hydrogens is 478 g/mol. The summed E-state index contributed by atoms with van der Waals surface area (Å²) in [6.45, 7) is 6.32. The van der Waals surface area contributed by atoms with E-state index in [-0.39, 0.29) is 5.56 Å². The number of aromatic nitrogens is 1. The second-order valence-electron chi connectivity index (χ2n) is 10.7. The average molecular weight is 515 g/mol. The van der Waals surface area contributed by atoms with Gasteiger partial charge in [0.2, 0.25) is 11.8 Å². The van der Waals surface area contributed by atoms with Crippen LogP contribution in [0.3, 0.4) is 0 Å².